The lowest BCUT2D eigenvalue weighted by atomic mass is 10.2. The van der Waals surface area contributed by atoms with E-state index >= 15 is 0 Å². The number of aryl methyl sites for hydroxylation is 2. The summed E-state index contributed by atoms with van der Waals surface area (Å²) in [4.78, 5) is 13.9. The smallest absolute Gasteiger partial charge is 0.224 e. The monoisotopic (exact) mass is 297 g/mol. The number of aromatic nitrogens is 2. The van der Waals surface area contributed by atoms with Gasteiger partial charge in [0.25, 0.3) is 0 Å². The lowest BCUT2D eigenvalue weighted by Gasteiger charge is -2.15. The first-order chi connectivity index (χ1) is 10.6. The summed E-state index contributed by atoms with van der Waals surface area (Å²) < 4.78 is 7.14. The minimum Gasteiger partial charge on any atom is -0.467 e. The van der Waals surface area contributed by atoms with Crippen molar-refractivity contribution in [3.8, 4) is 0 Å². The molecular weight excluding hydrogens is 278 g/mol. The van der Waals surface area contributed by atoms with Gasteiger partial charge >= 0.3 is 0 Å². The highest BCUT2D eigenvalue weighted by Crippen LogP contribution is 2.16. The van der Waals surface area contributed by atoms with Crippen molar-refractivity contribution >= 4 is 16.8 Å². The molecule has 0 N–H and O–H groups in total. The van der Waals surface area contributed by atoms with Crippen LogP contribution in [0.4, 0.5) is 0 Å². The largest absolute Gasteiger partial charge is 0.467 e. The van der Waals surface area contributed by atoms with E-state index in [4.69, 9.17) is 4.42 Å². The summed E-state index contributed by atoms with van der Waals surface area (Å²) in [6, 6.07) is 9.91. The van der Waals surface area contributed by atoms with Crippen LogP contribution in [0, 0.1) is 6.92 Å². The molecule has 2 aromatic heterocycles. The van der Waals surface area contributed by atoms with Crippen LogP contribution in [-0.4, -0.2) is 27.6 Å². The highest BCUT2D eigenvalue weighted by atomic mass is 16.3. The molecule has 0 saturated heterocycles. The minimum atomic E-state index is 0.0761. The molecule has 3 rings (SSSR count). The van der Waals surface area contributed by atoms with Gasteiger partial charge in [-0.3, -0.25) is 9.48 Å². The van der Waals surface area contributed by atoms with Crippen LogP contribution in [0.5, 0.6) is 0 Å². The van der Waals surface area contributed by atoms with Gasteiger partial charge in [0.1, 0.15) is 5.76 Å². The van der Waals surface area contributed by atoms with E-state index in [0.29, 0.717) is 19.5 Å². The second kappa shape index (κ2) is 6.05. The molecular formula is C17H19N3O2. The van der Waals surface area contributed by atoms with Crippen LogP contribution in [-0.2, 0) is 17.9 Å². The quantitative estimate of drug-likeness (QED) is 0.727. The zero-order chi connectivity index (χ0) is 15.5. The van der Waals surface area contributed by atoms with Gasteiger partial charge in [-0.05, 0) is 31.2 Å². The number of furan rings is 1. The fourth-order valence-corrected chi connectivity index (χ4v) is 2.50. The van der Waals surface area contributed by atoms with Gasteiger partial charge in [-0.1, -0.05) is 11.6 Å². The lowest BCUT2D eigenvalue weighted by molar-refractivity contribution is -0.130. The Balaban J connectivity index is 1.62. The Bertz CT molecular complexity index is 774. The third-order valence-corrected chi connectivity index (χ3v) is 3.73. The molecule has 5 nitrogen and oxygen atoms in total. The van der Waals surface area contributed by atoms with Crippen molar-refractivity contribution in [1.82, 2.24) is 14.7 Å². The maximum Gasteiger partial charge on any atom is 0.224 e. The second-order valence-corrected chi connectivity index (χ2v) is 5.51. The zero-order valence-electron chi connectivity index (χ0n) is 12.8. The molecule has 0 atom stereocenters. The fraction of sp³-hybridized carbons (Fsp3) is 0.294. The number of amides is 1. The summed E-state index contributed by atoms with van der Waals surface area (Å²) in [5.74, 6) is 0.864. The molecule has 3 aromatic rings. The summed E-state index contributed by atoms with van der Waals surface area (Å²) in [5.41, 5.74) is 2.27. The molecule has 0 radical (unpaired) electrons. The third kappa shape index (κ3) is 3.03. The van der Waals surface area contributed by atoms with Crippen molar-refractivity contribution < 1.29 is 9.21 Å². The first-order valence-corrected chi connectivity index (χ1v) is 7.32. The summed E-state index contributed by atoms with van der Waals surface area (Å²) in [6.07, 6.45) is 3.88. The first kappa shape index (κ1) is 14.4. The van der Waals surface area contributed by atoms with Gasteiger partial charge < -0.3 is 9.32 Å². The fourth-order valence-electron chi connectivity index (χ4n) is 2.50. The Hall–Kier alpha value is -2.56. The van der Waals surface area contributed by atoms with E-state index in [1.54, 1.807) is 18.2 Å². The van der Waals surface area contributed by atoms with Crippen molar-refractivity contribution in [2.75, 3.05) is 7.05 Å². The van der Waals surface area contributed by atoms with E-state index in [1.807, 2.05) is 23.0 Å². The Morgan fingerprint density at radius 3 is 3.00 bits per heavy atom. The van der Waals surface area contributed by atoms with Crippen LogP contribution in [0.15, 0.2) is 47.2 Å². The van der Waals surface area contributed by atoms with Gasteiger partial charge in [0, 0.05) is 18.9 Å². The van der Waals surface area contributed by atoms with E-state index in [2.05, 4.69) is 30.2 Å². The zero-order valence-corrected chi connectivity index (χ0v) is 12.8. The van der Waals surface area contributed by atoms with Gasteiger partial charge in [-0.25, -0.2) is 0 Å². The van der Waals surface area contributed by atoms with Gasteiger partial charge in [-0.15, -0.1) is 0 Å². The highest BCUT2D eigenvalue weighted by molar-refractivity contribution is 5.80. The third-order valence-electron chi connectivity index (χ3n) is 3.73. The van der Waals surface area contributed by atoms with Crippen molar-refractivity contribution in [3.05, 3.63) is 54.1 Å². The molecule has 0 spiro atoms. The molecule has 1 aromatic carbocycles. The molecule has 114 valence electrons. The molecule has 0 aliphatic rings. The summed E-state index contributed by atoms with van der Waals surface area (Å²) in [6.45, 7) is 3.13. The number of nitrogens with zero attached hydrogens (tertiary/aromatic N) is 3. The first-order valence-electron chi connectivity index (χ1n) is 7.32. The van der Waals surface area contributed by atoms with Crippen molar-refractivity contribution in [1.29, 1.82) is 0 Å². The molecule has 0 unspecified atom stereocenters. The Morgan fingerprint density at radius 1 is 1.36 bits per heavy atom. The topological polar surface area (TPSA) is 51.3 Å². The molecule has 0 bridgehead atoms. The van der Waals surface area contributed by atoms with Crippen LogP contribution >= 0.6 is 0 Å². The normalized spacial score (nSPS) is 11.0. The van der Waals surface area contributed by atoms with E-state index in [9.17, 15) is 4.79 Å². The van der Waals surface area contributed by atoms with E-state index in [1.165, 1.54) is 5.56 Å². The Morgan fingerprint density at radius 2 is 2.23 bits per heavy atom. The van der Waals surface area contributed by atoms with E-state index < -0.39 is 0 Å². The summed E-state index contributed by atoms with van der Waals surface area (Å²) in [5, 5.41) is 5.48. The molecule has 0 aliphatic heterocycles. The molecule has 1 amide bonds. The number of carbonyl (C=O) groups excluding carboxylic acids is 1. The molecule has 2 heterocycles. The second-order valence-electron chi connectivity index (χ2n) is 5.51. The van der Waals surface area contributed by atoms with Gasteiger partial charge in [0.2, 0.25) is 5.91 Å². The van der Waals surface area contributed by atoms with E-state index in [0.717, 1.165) is 16.7 Å². The molecule has 0 aliphatic carbocycles. The Labute approximate surface area is 129 Å². The standard InChI is InChI=1S/C17H19N3O2/c1-13-5-6-16-14(10-13)11-18-20(16)8-7-17(21)19(2)12-15-4-3-9-22-15/h3-6,9-11H,7-8,12H2,1-2H3. The molecule has 22 heavy (non-hydrogen) atoms. The highest BCUT2D eigenvalue weighted by Gasteiger charge is 2.12. The van der Waals surface area contributed by atoms with Crippen LogP contribution in [0.2, 0.25) is 0 Å². The van der Waals surface area contributed by atoms with Crippen molar-refractivity contribution in [3.63, 3.8) is 0 Å². The Kier molecular flexibility index (Phi) is 3.96. The summed E-state index contributed by atoms with van der Waals surface area (Å²) >= 11 is 0. The van der Waals surface area contributed by atoms with Crippen LogP contribution < -0.4 is 0 Å². The number of hydrogen-bond acceptors (Lipinski definition) is 3. The lowest BCUT2D eigenvalue weighted by Crippen LogP contribution is -2.27. The number of fused-ring (bicyclic) bond motifs is 1. The molecule has 0 saturated carbocycles. The minimum absolute atomic E-state index is 0.0761. The van der Waals surface area contributed by atoms with Crippen LogP contribution in [0.3, 0.4) is 0 Å². The van der Waals surface area contributed by atoms with Crippen molar-refractivity contribution in [2.45, 2.75) is 26.4 Å². The predicted molar refractivity (Wildman–Crippen MR) is 84.3 cm³/mol. The van der Waals surface area contributed by atoms with Gasteiger partial charge in [0.05, 0.1) is 31.1 Å². The number of rotatable bonds is 5. The van der Waals surface area contributed by atoms with Gasteiger partial charge in [-0.2, -0.15) is 5.10 Å². The maximum atomic E-state index is 12.2. The van der Waals surface area contributed by atoms with Crippen LogP contribution in [0.1, 0.15) is 17.7 Å². The maximum absolute atomic E-state index is 12.2. The molecule has 5 heteroatoms. The summed E-state index contributed by atoms with van der Waals surface area (Å²) in [7, 11) is 1.79. The average Bonchev–Trinajstić information content (AvgIpc) is 3.13. The number of hydrogen-bond donors (Lipinski definition) is 0. The average molecular weight is 297 g/mol. The number of benzene rings is 1. The van der Waals surface area contributed by atoms with E-state index in [-0.39, 0.29) is 5.91 Å². The predicted octanol–water partition coefficient (Wildman–Crippen LogP) is 2.99. The van der Waals surface area contributed by atoms with Crippen LogP contribution in [0.25, 0.3) is 10.9 Å². The molecule has 0 fully saturated rings. The SMILES string of the molecule is Cc1ccc2c(cnn2CCC(=O)N(C)Cc2ccco2)c1. The van der Waals surface area contributed by atoms with Crippen molar-refractivity contribution in [2.24, 2.45) is 0 Å². The van der Waals surface area contributed by atoms with Gasteiger partial charge in [0.15, 0.2) is 0 Å². The number of carbonyl (C=O) groups is 1.